The number of aromatic nitrogens is 4. The van der Waals surface area contributed by atoms with Crippen LogP contribution in [0.15, 0.2) is 6.20 Å². The van der Waals surface area contributed by atoms with Crippen LogP contribution in [0.3, 0.4) is 0 Å². The maximum absolute atomic E-state index is 10.4. The van der Waals surface area contributed by atoms with Crippen molar-refractivity contribution < 1.29 is 9.84 Å². The number of aromatic amines is 1. The molecule has 0 aliphatic carbocycles. The van der Waals surface area contributed by atoms with Crippen molar-refractivity contribution in [1.29, 1.82) is 0 Å². The molecule has 0 bridgehead atoms. The van der Waals surface area contributed by atoms with Crippen molar-refractivity contribution >= 4 is 22.8 Å². The number of nitrogens with two attached hydrogens (primary N) is 1. The number of H-pyrrole nitrogens is 1. The number of nitrogens with one attached hydrogen (secondary N) is 1. The first-order valence-corrected chi connectivity index (χ1v) is 6.45. The summed E-state index contributed by atoms with van der Waals surface area (Å²) in [5.74, 6) is 0.846. The van der Waals surface area contributed by atoms with Gasteiger partial charge in [0.1, 0.15) is 5.82 Å². The lowest BCUT2D eigenvalue weighted by molar-refractivity contribution is -0.0248. The van der Waals surface area contributed by atoms with Crippen LogP contribution in [0.25, 0.3) is 11.0 Å². The average molecular weight is 278 g/mol. The Kier molecular flexibility index (Phi) is 2.98. The van der Waals surface area contributed by atoms with Crippen molar-refractivity contribution in [3.05, 3.63) is 6.20 Å². The van der Waals surface area contributed by atoms with E-state index in [1.165, 1.54) is 0 Å². The van der Waals surface area contributed by atoms with Gasteiger partial charge in [-0.05, 0) is 6.92 Å². The Morgan fingerprint density at radius 1 is 1.55 bits per heavy atom. The maximum atomic E-state index is 10.4. The van der Waals surface area contributed by atoms with Crippen LogP contribution in [-0.2, 0) is 4.74 Å². The molecule has 8 heteroatoms. The Morgan fingerprint density at radius 2 is 2.35 bits per heavy atom. The molecule has 0 spiro atoms. The molecule has 108 valence electrons. The molecule has 3 heterocycles. The number of piperidine rings is 1. The molecule has 3 rings (SSSR count). The van der Waals surface area contributed by atoms with Gasteiger partial charge >= 0.3 is 0 Å². The molecule has 1 fully saturated rings. The van der Waals surface area contributed by atoms with Gasteiger partial charge in [-0.2, -0.15) is 15.1 Å². The lowest BCUT2D eigenvalue weighted by Gasteiger charge is -2.41. The number of fused-ring (bicyclic) bond motifs is 1. The van der Waals surface area contributed by atoms with Crippen molar-refractivity contribution in [2.75, 3.05) is 30.8 Å². The van der Waals surface area contributed by atoms with E-state index in [1.54, 1.807) is 20.2 Å². The fraction of sp³-hybridized carbons (Fsp3) is 0.583. The highest BCUT2D eigenvalue weighted by molar-refractivity contribution is 5.87. The van der Waals surface area contributed by atoms with E-state index < -0.39 is 5.60 Å². The molecular formula is C12H18N6O2. The summed E-state index contributed by atoms with van der Waals surface area (Å²) in [6.45, 7) is 2.90. The van der Waals surface area contributed by atoms with Crippen molar-refractivity contribution in [3.8, 4) is 0 Å². The largest absolute Gasteiger partial charge is 0.388 e. The summed E-state index contributed by atoms with van der Waals surface area (Å²) < 4.78 is 5.40. The van der Waals surface area contributed by atoms with Gasteiger partial charge in [0.05, 0.1) is 23.3 Å². The van der Waals surface area contributed by atoms with E-state index in [0.717, 1.165) is 5.39 Å². The van der Waals surface area contributed by atoms with E-state index in [-0.39, 0.29) is 12.1 Å². The molecule has 0 saturated carbocycles. The molecule has 4 N–H and O–H groups in total. The number of rotatable bonds is 2. The number of methoxy groups -OCH3 is 1. The van der Waals surface area contributed by atoms with E-state index in [0.29, 0.717) is 31.0 Å². The van der Waals surface area contributed by atoms with Gasteiger partial charge in [0.25, 0.3) is 0 Å². The van der Waals surface area contributed by atoms with Crippen LogP contribution in [0.1, 0.15) is 13.3 Å². The van der Waals surface area contributed by atoms with Crippen molar-refractivity contribution in [1.82, 2.24) is 20.2 Å². The van der Waals surface area contributed by atoms with E-state index in [1.807, 2.05) is 4.90 Å². The Labute approximate surface area is 116 Å². The second-order valence-corrected chi connectivity index (χ2v) is 5.48. The summed E-state index contributed by atoms with van der Waals surface area (Å²) >= 11 is 0. The first-order chi connectivity index (χ1) is 9.48. The summed E-state index contributed by atoms with van der Waals surface area (Å²) in [6.07, 6.45) is 2.20. The summed E-state index contributed by atoms with van der Waals surface area (Å²) in [4.78, 5) is 10.4. The highest BCUT2D eigenvalue weighted by Crippen LogP contribution is 2.30. The zero-order valence-electron chi connectivity index (χ0n) is 11.5. The second-order valence-electron chi connectivity index (χ2n) is 5.48. The minimum atomic E-state index is -0.839. The minimum Gasteiger partial charge on any atom is -0.388 e. The van der Waals surface area contributed by atoms with Gasteiger partial charge in [-0.15, -0.1) is 0 Å². The van der Waals surface area contributed by atoms with Gasteiger partial charge in [0.2, 0.25) is 5.95 Å². The SMILES string of the molecule is COC1CN(c2nc(N)nc3[nH]ncc23)CC(C)(O)C1. The van der Waals surface area contributed by atoms with Crippen molar-refractivity contribution in [2.24, 2.45) is 0 Å². The molecule has 2 atom stereocenters. The van der Waals surface area contributed by atoms with Gasteiger partial charge in [-0.25, -0.2) is 0 Å². The predicted octanol–water partition coefficient (Wildman–Crippen LogP) is -0.0888. The van der Waals surface area contributed by atoms with Crippen LogP contribution in [0, 0.1) is 0 Å². The smallest absolute Gasteiger partial charge is 0.224 e. The van der Waals surface area contributed by atoms with Crippen LogP contribution in [0.2, 0.25) is 0 Å². The third kappa shape index (κ3) is 2.27. The molecule has 8 nitrogen and oxygen atoms in total. The molecule has 20 heavy (non-hydrogen) atoms. The van der Waals surface area contributed by atoms with Crippen LogP contribution in [0.5, 0.6) is 0 Å². The normalized spacial score (nSPS) is 27.1. The second kappa shape index (κ2) is 4.57. The van der Waals surface area contributed by atoms with E-state index in [4.69, 9.17) is 10.5 Å². The Bertz CT molecular complexity index is 625. The number of nitrogens with zero attached hydrogens (tertiary/aromatic N) is 4. The molecule has 0 radical (unpaired) electrons. The number of ether oxygens (including phenoxy) is 1. The third-order valence-electron chi connectivity index (χ3n) is 3.56. The van der Waals surface area contributed by atoms with Crippen LogP contribution in [0.4, 0.5) is 11.8 Å². The van der Waals surface area contributed by atoms with E-state index in [2.05, 4.69) is 20.2 Å². The summed E-state index contributed by atoms with van der Waals surface area (Å²) in [5.41, 5.74) is 5.49. The molecule has 2 unspecified atom stereocenters. The van der Waals surface area contributed by atoms with Gasteiger partial charge in [0.15, 0.2) is 5.65 Å². The number of aliphatic hydroxyl groups is 1. The summed E-state index contributed by atoms with van der Waals surface area (Å²) in [5, 5.41) is 17.9. The lowest BCUT2D eigenvalue weighted by Crippen LogP contribution is -2.53. The number of hydrogen-bond donors (Lipinski definition) is 3. The average Bonchev–Trinajstić information content (AvgIpc) is 2.83. The molecule has 0 amide bonds. The van der Waals surface area contributed by atoms with Crippen LogP contribution < -0.4 is 10.6 Å². The maximum Gasteiger partial charge on any atom is 0.224 e. The van der Waals surface area contributed by atoms with Gasteiger partial charge in [-0.3, -0.25) is 5.10 Å². The summed E-state index contributed by atoms with van der Waals surface area (Å²) in [6, 6.07) is 0. The van der Waals surface area contributed by atoms with Gasteiger partial charge in [0, 0.05) is 26.6 Å². The molecular weight excluding hydrogens is 260 g/mol. The lowest BCUT2D eigenvalue weighted by atomic mass is 9.93. The number of hydrogen-bond acceptors (Lipinski definition) is 7. The van der Waals surface area contributed by atoms with Crippen LogP contribution in [-0.4, -0.2) is 57.2 Å². The van der Waals surface area contributed by atoms with E-state index in [9.17, 15) is 5.11 Å². The quantitative estimate of drug-likeness (QED) is 0.703. The number of anilines is 2. The molecule has 1 saturated heterocycles. The monoisotopic (exact) mass is 278 g/mol. The Morgan fingerprint density at radius 3 is 3.10 bits per heavy atom. The Balaban J connectivity index is 2.03. The zero-order chi connectivity index (χ0) is 14.3. The zero-order valence-corrected chi connectivity index (χ0v) is 11.5. The Hall–Kier alpha value is -1.93. The fourth-order valence-corrected chi connectivity index (χ4v) is 2.74. The molecule has 2 aromatic rings. The summed E-state index contributed by atoms with van der Waals surface area (Å²) in [7, 11) is 1.64. The van der Waals surface area contributed by atoms with Crippen molar-refractivity contribution in [2.45, 2.75) is 25.0 Å². The fourth-order valence-electron chi connectivity index (χ4n) is 2.74. The third-order valence-corrected chi connectivity index (χ3v) is 3.56. The molecule has 1 aliphatic heterocycles. The van der Waals surface area contributed by atoms with Gasteiger partial charge < -0.3 is 20.5 Å². The molecule has 2 aromatic heterocycles. The standard InChI is InChI=1S/C12H18N6O2/c1-12(19)3-7(20-2)5-18(6-12)10-8-4-14-17-9(8)15-11(13)16-10/h4,7,19H,3,5-6H2,1-2H3,(H3,13,14,15,16,17). The van der Waals surface area contributed by atoms with Crippen molar-refractivity contribution in [3.63, 3.8) is 0 Å². The van der Waals surface area contributed by atoms with Crippen LogP contribution >= 0.6 is 0 Å². The first kappa shape index (κ1) is 13.1. The highest BCUT2D eigenvalue weighted by Gasteiger charge is 2.36. The number of β-amino-alcohol motifs (C(OH)–C–C–N with tert-alkyl or cyclic N) is 1. The molecule has 1 aliphatic rings. The first-order valence-electron chi connectivity index (χ1n) is 6.45. The topological polar surface area (TPSA) is 113 Å². The predicted molar refractivity (Wildman–Crippen MR) is 74.3 cm³/mol. The number of nitrogen functional groups attached to an aromatic ring is 1. The molecule has 0 aromatic carbocycles. The van der Waals surface area contributed by atoms with E-state index >= 15 is 0 Å². The highest BCUT2D eigenvalue weighted by atomic mass is 16.5. The minimum absolute atomic E-state index is 0.0584. The van der Waals surface area contributed by atoms with Gasteiger partial charge in [-0.1, -0.05) is 0 Å².